The van der Waals surface area contributed by atoms with Crippen molar-refractivity contribution in [2.24, 2.45) is 4.99 Å². The van der Waals surface area contributed by atoms with Gasteiger partial charge in [0.15, 0.2) is 5.96 Å². The highest BCUT2D eigenvalue weighted by molar-refractivity contribution is 5.79. The van der Waals surface area contributed by atoms with Crippen LogP contribution in [0.5, 0.6) is 0 Å². The Morgan fingerprint density at radius 3 is 2.54 bits per heavy atom. The Balaban J connectivity index is 1.70. The molecule has 0 atom stereocenters. The third-order valence-electron chi connectivity index (χ3n) is 3.96. The lowest BCUT2D eigenvalue weighted by molar-refractivity contribution is 0.0487. The van der Waals surface area contributed by atoms with E-state index in [2.05, 4.69) is 27.6 Å². The van der Waals surface area contributed by atoms with Crippen LogP contribution in [0.2, 0.25) is 0 Å². The van der Waals surface area contributed by atoms with Crippen molar-refractivity contribution in [3.05, 3.63) is 48.3 Å². The molecule has 154 valence electrons. The van der Waals surface area contributed by atoms with Gasteiger partial charge in [-0.3, -0.25) is 0 Å². The van der Waals surface area contributed by atoms with E-state index in [-0.39, 0.29) is 0 Å². The van der Waals surface area contributed by atoms with Gasteiger partial charge < -0.3 is 20.1 Å². The first-order valence-electron chi connectivity index (χ1n) is 10.1. The average molecular weight is 388 g/mol. The maximum Gasteiger partial charge on any atom is 0.191 e. The van der Waals surface area contributed by atoms with Crippen molar-refractivity contribution in [3.63, 3.8) is 0 Å². The lowest BCUT2D eigenvalue weighted by Gasteiger charge is -2.11. The molecular formula is C21H33N5O2. The summed E-state index contributed by atoms with van der Waals surface area (Å²) in [6.45, 7) is 8.92. The third-order valence-corrected chi connectivity index (χ3v) is 3.96. The van der Waals surface area contributed by atoms with E-state index in [1.165, 1.54) is 0 Å². The molecule has 7 nitrogen and oxygen atoms in total. The van der Waals surface area contributed by atoms with E-state index in [9.17, 15) is 0 Å². The summed E-state index contributed by atoms with van der Waals surface area (Å²) in [6.07, 6.45) is 4.22. The number of ether oxygens (including phenoxy) is 2. The zero-order valence-electron chi connectivity index (χ0n) is 17.1. The zero-order chi connectivity index (χ0) is 19.9. The van der Waals surface area contributed by atoms with Gasteiger partial charge in [-0.1, -0.05) is 31.5 Å². The molecule has 0 amide bonds. The average Bonchev–Trinajstić information content (AvgIpc) is 3.20. The van der Waals surface area contributed by atoms with Crippen molar-refractivity contribution in [1.82, 2.24) is 20.4 Å². The molecule has 1 heterocycles. The minimum atomic E-state index is 0.515. The van der Waals surface area contributed by atoms with Crippen molar-refractivity contribution < 1.29 is 9.47 Å². The second kappa shape index (κ2) is 13.7. The molecule has 0 aliphatic rings. The minimum absolute atomic E-state index is 0.515. The molecule has 0 bridgehead atoms. The third kappa shape index (κ3) is 8.54. The quantitative estimate of drug-likeness (QED) is 0.314. The van der Waals surface area contributed by atoms with Crippen molar-refractivity contribution in [2.75, 3.05) is 39.5 Å². The zero-order valence-corrected chi connectivity index (χ0v) is 17.1. The van der Waals surface area contributed by atoms with Crippen LogP contribution in [0.25, 0.3) is 5.69 Å². The number of hydrogen-bond donors (Lipinski definition) is 2. The number of aromatic nitrogens is 2. The Morgan fingerprint density at radius 2 is 1.79 bits per heavy atom. The first kappa shape index (κ1) is 21.9. The van der Waals surface area contributed by atoms with Crippen LogP contribution in [0.15, 0.2) is 47.6 Å². The first-order chi connectivity index (χ1) is 13.8. The fourth-order valence-electron chi connectivity index (χ4n) is 2.48. The topological polar surface area (TPSA) is 72.7 Å². The Labute approximate surface area is 168 Å². The van der Waals surface area contributed by atoms with Gasteiger partial charge in [0.25, 0.3) is 0 Å². The molecule has 0 saturated heterocycles. The van der Waals surface area contributed by atoms with Crippen LogP contribution in [-0.4, -0.2) is 55.3 Å². The lowest BCUT2D eigenvalue weighted by Crippen LogP contribution is -2.39. The number of hydrogen-bond acceptors (Lipinski definition) is 4. The second-order valence-corrected chi connectivity index (χ2v) is 6.29. The van der Waals surface area contributed by atoms with Crippen LogP contribution in [0.3, 0.4) is 0 Å². The van der Waals surface area contributed by atoms with Crippen LogP contribution in [0.4, 0.5) is 0 Å². The summed E-state index contributed by atoms with van der Waals surface area (Å²) >= 11 is 0. The van der Waals surface area contributed by atoms with Crippen molar-refractivity contribution in [1.29, 1.82) is 0 Å². The Bertz CT molecular complexity index is 672. The molecule has 0 saturated carbocycles. The fourth-order valence-corrected chi connectivity index (χ4v) is 2.48. The number of aliphatic imine (C=N–C) groups is 1. The van der Waals surface area contributed by atoms with Crippen molar-refractivity contribution in [2.45, 2.75) is 33.2 Å². The van der Waals surface area contributed by atoms with Gasteiger partial charge in [-0.15, -0.1) is 0 Å². The number of nitrogens with one attached hydrogen (secondary N) is 2. The van der Waals surface area contributed by atoms with E-state index in [4.69, 9.17) is 9.47 Å². The normalized spacial score (nSPS) is 11.6. The predicted molar refractivity (Wildman–Crippen MR) is 113 cm³/mol. The fraction of sp³-hybridized carbons (Fsp3) is 0.524. The molecule has 2 aromatic rings. The molecule has 1 aromatic carbocycles. The summed E-state index contributed by atoms with van der Waals surface area (Å²) in [7, 11) is 0. The summed E-state index contributed by atoms with van der Waals surface area (Å²) in [4.78, 5) is 4.60. The molecule has 7 heteroatoms. The van der Waals surface area contributed by atoms with Crippen LogP contribution in [-0.2, 0) is 16.0 Å². The molecule has 0 fully saturated rings. The standard InChI is InChI=1S/C21H33N5O2/c1-3-5-14-27-16-17-28-15-12-23-21(22-4-2)24-18-19-11-13-26(25-19)20-9-7-6-8-10-20/h6-11,13H,3-5,12,14-18H2,1-2H3,(H2,22,23,24). The highest BCUT2D eigenvalue weighted by Gasteiger charge is 2.02. The number of para-hydroxylation sites is 1. The van der Waals surface area contributed by atoms with Gasteiger partial charge in [0.05, 0.1) is 37.7 Å². The molecule has 28 heavy (non-hydrogen) atoms. The van der Waals surface area contributed by atoms with E-state index in [0.717, 1.165) is 43.3 Å². The molecule has 2 N–H and O–H groups in total. The van der Waals surface area contributed by atoms with Crippen molar-refractivity contribution >= 4 is 5.96 Å². The molecule has 0 aliphatic heterocycles. The van der Waals surface area contributed by atoms with Crippen molar-refractivity contribution in [3.8, 4) is 5.69 Å². The van der Waals surface area contributed by atoms with E-state index >= 15 is 0 Å². The lowest BCUT2D eigenvalue weighted by atomic mass is 10.3. The van der Waals surface area contributed by atoms with Crippen LogP contribution >= 0.6 is 0 Å². The van der Waals surface area contributed by atoms with Gasteiger partial charge in [0.1, 0.15) is 0 Å². The van der Waals surface area contributed by atoms with Crippen LogP contribution in [0.1, 0.15) is 32.4 Å². The molecule has 0 unspecified atom stereocenters. The van der Waals surface area contributed by atoms with Gasteiger partial charge in [0.2, 0.25) is 0 Å². The highest BCUT2D eigenvalue weighted by Crippen LogP contribution is 2.07. The predicted octanol–water partition coefficient (Wildman–Crippen LogP) is 2.76. The van der Waals surface area contributed by atoms with Crippen LogP contribution < -0.4 is 10.6 Å². The number of benzene rings is 1. The molecule has 1 aromatic heterocycles. The SMILES string of the molecule is CCCCOCCOCCNC(=NCc1ccn(-c2ccccc2)n1)NCC. The Hall–Kier alpha value is -2.38. The molecule has 0 radical (unpaired) electrons. The van der Waals surface area contributed by atoms with Gasteiger partial charge in [0, 0.05) is 25.9 Å². The monoisotopic (exact) mass is 387 g/mol. The van der Waals surface area contributed by atoms with E-state index in [1.807, 2.05) is 54.2 Å². The molecular weight excluding hydrogens is 354 g/mol. The first-order valence-corrected chi connectivity index (χ1v) is 10.1. The highest BCUT2D eigenvalue weighted by atomic mass is 16.5. The second-order valence-electron chi connectivity index (χ2n) is 6.29. The number of unbranched alkanes of at least 4 members (excludes halogenated alkanes) is 1. The summed E-state index contributed by atoms with van der Waals surface area (Å²) in [5.41, 5.74) is 1.96. The number of nitrogens with zero attached hydrogens (tertiary/aromatic N) is 3. The smallest absolute Gasteiger partial charge is 0.191 e. The Kier molecular flexibility index (Phi) is 10.8. The van der Waals surface area contributed by atoms with Gasteiger partial charge >= 0.3 is 0 Å². The van der Waals surface area contributed by atoms with Gasteiger partial charge in [-0.2, -0.15) is 5.10 Å². The summed E-state index contributed by atoms with van der Waals surface area (Å²) in [5.74, 6) is 0.763. The molecule has 0 aliphatic carbocycles. The van der Waals surface area contributed by atoms with Crippen LogP contribution in [0, 0.1) is 0 Å². The Morgan fingerprint density at radius 1 is 1.00 bits per heavy atom. The van der Waals surface area contributed by atoms with E-state index < -0.39 is 0 Å². The van der Waals surface area contributed by atoms with Gasteiger partial charge in [-0.25, -0.2) is 9.67 Å². The molecule has 2 rings (SSSR count). The molecule has 0 spiro atoms. The number of rotatable bonds is 13. The largest absolute Gasteiger partial charge is 0.379 e. The summed E-state index contributed by atoms with van der Waals surface area (Å²) < 4.78 is 12.9. The minimum Gasteiger partial charge on any atom is -0.379 e. The van der Waals surface area contributed by atoms with E-state index in [0.29, 0.717) is 32.9 Å². The summed E-state index contributed by atoms with van der Waals surface area (Å²) in [6, 6.07) is 12.0. The summed E-state index contributed by atoms with van der Waals surface area (Å²) in [5, 5.41) is 11.1. The maximum atomic E-state index is 5.57. The van der Waals surface area contributed by atoms with E-state index in [1.54, 1.807) is 0 Å². The maximum absolute atomic E-state index is 5.57. The van der Waals surface area contributed by atoms with Gasteiger partial charge in [-0.05, 0) is 31.5 Å². The number of guanidine groups is 1.